The number of halogens is 2. The molecule has 7 heteroatoms. The molecule has 0 saturated heterocycles. The fourth-order valence-electron chi connectivity index (χ4n) is 2.29. The second-order valence-corrected chi connectivity index (χ2v) is 5.96. The van der Waals surface area contributed by atoms with Crippen molar-refractivity contribution in [3.05, 3.63) is 79.8 Å². The van der Waals surface area contributed by atoms with Gasteiger partial charge < -0.3 is 4.74 Å². The first-order chi connectivity index (χ1) is 11.5. The molecule has 3 aromatic rings. The van der Waals surface area contributed by atoms with Crippen LogP contribution in [0, 0.1) is 6.92 Å². The van der Waals surface area contributed by atoms with E-state index in [1.807, 2.05) is 13.0 Å². The van der Waals surface area contributed by atoms with E-state index >= 15 is 0 Å². The summed E-state index contributed by atoms with van der Waals surface area (Å²) in [7, 11) is 0. The van der Waals surface area contributed by atoms with E-state index in [4.69, 9.17) is 27.9 Å². The molecule has 1 aromatic carbocycles. The molecule has 0 bridgehead atoms. The molecule has 0 amide bonds. The number of esters is 1. The molecular weight excluding hydrogens is 351 g/mol. The molecule has 0 radical (unpaired) electrons. The Bertz CT molecular complexity index is 979. The number of hydrogen-bond acceptors (Lipinski definition) is 4. The predicted molar refractivity (Wildman–Crippen MR) is 91.8 cm³/mol. The van der Waals surface area contributed by atoms with Crippen molar-refractivity contribution < 1.29 is 9.53 Å². The average Bonchev–Trinajstić information content (AvgIpc) is 2.54. The molecule has 0 saturated carbocycles. The lowest BCUT2D eigenvalue weighted by atomic mass is 10.2. The second kappa shape index (κ2) is 6.63. The van der Waals surface area contributed by atoms with Gasteiger partial charge in [-0.15, -0.1) is 0 Å². The van der Waals surface area contributed by atoms with Crippen LogP contribution in [-0.2, 0) is 11.3 Å². The standard InChI is InChI=1S/C17H12Cl2N2O3/c1-10-4-3-7-21-14(22)8-11(20-16(10)21)9-24-17(23)15-12(18)5-2-6-13(15)19/h2-8H,9H2,1H3. The van der Waals surface area contributed by atoms with E-state index in [1.165, 1.54) is 10.5 Å². The molecule has 0 unspecified atom stereocenters. The lowest BCUT2D eigenvalue weighted by Crippen LogP contribution is -2.17. The van der Waals surface area contributed by atoms with Crippen LogP contribution in [-0.4, -0.2) is 15.4 Å². The summed E-state index contributed by atoms with van der Waals surface area (Å²) in [4.78, 5) is 28.7. The minimum absolute atomic E-state index is 0.0922. The van der Waals surface area contributed by atoms with Crippen molar-refractivity contribution in [2.75, 3.05) is 0 Å². The third kappa shape index (κ3) is 3.13. The summed E-state index contributed by atoms with van der Waals surface area (Å²) >= 11 is 12.0. The minimum atomic E-state index is -0.669. The maximum Gasteiger partial charge on any atom is 0.341 e. The maximum absolute atomic E-state index is 12.2. The molecule has 0 aliphatic carbocycles. The zero-order valence-electron chi connectivity index (χ0n) is 12.6. The maximum atomic E-state index is 12.2. The van der Waals surface area contributed by atoms with Gasteiger partial charge >= 0.3 is 5.97 Å². The number of aryl methyl sites for hydroxylation is 1. The van der Waals surface area contributed by atoms with E-state index in [1.54, 1.807) is 30.5 Å². The van der Waals surface area contributed by atoms with Crippen LogP contribution in [0.1, 0.15) is 21.6 Å². The van der Waals surface area contributed by atoms with Gasteiger partial charge in [0.25, 0.3) is 5.56 Å². The van der Waals surface area contributed by atoms with E-state index in [0.717, 1.165) is 5.56 Å². The highest BCUT2D eigenvalue weighted by molar-refractivity contribution is 6.39. The van der Waals surface area contributed by atoms with E-state index < -0.39 is 5.97 Å². The van der Waals surface area contributed by atoms with Gasteiger partial charge in [-0.3, -0.25) is 9.20 Å². The largest absolute Gasteiger partial charge is 0.455 e. The molecule has 0 aliphatic heterocycles. The molecule has 3 rings (SSSR count). The number of nitrogens with zero attached hydrogens (tertiary/aromatic N) is 2. The van der Waals surface area contributed by atoms with Gasteiger partial charge in [0.05, 0.1) is 21.3 Å². The highest BCUT2D eigenvalue weighted by atomic mass is 35.5. The van der Waals surface area contributed by atoms with Gasteiger partial charge in [0, 0.05) is 12.3 Å². The molecule has 2 heterocycles. The molecule has 0 N–H and O–H groups in total. The highest BCUT2D eigenvalue weighted by Gasteiger charge is 2.16. The number of fused-ring (bicyclic) bond motifs is 1. The molecule has 5 nitrogen and oxygen atoms in total. The Hall–Kier alpha value is -2.37. The fourth-order valence-corrected chi connectivity index (χ4v) is 2.84. The van der Waals surface area contributed by atoms with E-state index in [-0.39, 0.29) is 27.8 Å². The van der Waals surface area contributed by atoms with Gasteiger partial charge in [-0.2, -0.15) is 0 Å². The van der Waals surface area contributed by atoms with Crippen molar-refractivity contribution in [1.82, 2.24) is 9.38 Å². The monoisotopic (exact) mass is 362 g/mol. The molecule has 0 fully saturated rings. The van der Waals surface area contributed by atoms with Crippen LogP contribution >= 0.6 is 23.2 Å². The van der Waals surface area contributed by atoms with E-state index in [0.29, 0.717) is 11.3 Å². The van der Waals surface area contributed by atoms with Gasteiger partial charge in [0.1, 0.15) is 12.3 Å². The summed E-state index contributed by atoms with van der Waals surface area (Å²) in [5.41, 5.74) is 1.56. The number of aromatic nitrogens is 2. The summed E-state index contributed by atoms with van der Waals surface area (Å²) < 4.78 is 6.64. The van der Waals surface area contributed by atoms with Crippen LogP contribution in [0.15, 0.2) is 47.4 Å². The number of benzene rings is 1. The Morgan fingerprint density at radius 2 is 1.92 bits per heavy atom. The molecule has 122 valence electrons. The Morgan fingerprint density at radius 3 is 2.62 bits per heavy atom. The van der Waals surface area contributed by atoms with E-state index in [9.17, 15) is 9.59 Å². The Kier molecular flexibility index (Phi) is 4.55. The predicted octanol–water partition coefficient (Wildman–Crippen LogP) is 3.67. The molecule has 0 aliphatic rings. The molecule has 24 heavy (non-hydrogen) atoms. The number of pyridine rings is 1. The summed E-state index contributed by atoms with van der Waals surface area (Å²) in [6, 6.07) is 9.68. The van der Waals surface area contributed by atoms with Gasteiger partial charge in [0.2, 0.25) is 0 Å². The van der Waals surface area contributed by atoms with Crippen LogP contribution in [0.3, 0.4) is 0 Å². The zero-order chi connectivity index (χ0) is 17.3. The number of ether oxygens (including phenoxy) is 1. The van der Waals surface area contributed by atoms with Crippen LogP contribution in [0.25, 0.3) is 5.65 Å². The number of rotatable bonds is 3. The summed E-state index contributed by atoms with van der Waals surface area (Å²) in [5.74, 6) is -0.669. The first-order valence-electron chi connectivity index (χ1n) is 7.06. The lowest BCUT2D eigenvalue weighted by Gasteiger charge is -2.09. The molecule has 0 spiro atoms. The van der Waals surface area contributed by atoms with Crippen molar-refractivity contribution in [2.45, 2.75) is 13.5 Å². The average molecular weight is 363 g/mol. The minimum Gasteiger partial charge on any atom is -0.455 e. The molecule has 0 atom stereocenters. The van der Waals surface area contributed by atoms with Crippen molar-refractivity contribution in [3.63, 3.8) is 0 Å². The SMILES string of the molecule is Cc1cccn2c(=O)cc(COC(=O)c3c(Cl)cccc3Cl)nc12. The summed E-state index contributed by atoms with van der Waals surface area (Å²) in [6.07, 6.45) is 1.64. The topological polar surface area (TPSA) is 60.7 Å². The molecular formula is C17H12Cl2N2O3. The highest BCUT2D eigenvalue weighted by Crippen LogP contribution is 2.25. The Balaban J connectivity index is 1.87. The Labute approximate surface area is 147 Å². The van der Waals surface area contributed by atoms with Gasteiger partial charge in [-0.1, -0.05) is 35.3 Å². The van der Waals surface area contributed by atoms with Crippen molar-refractivity contribution >= 4 is 34.8 Å². The summed E-state index contributed by atoms with van der Waals surface area (Å²) in [5, 5.41) is 0.407. The van der Waals surface area contributed by atoms with Gasteiger partial charge in [-0.05, 0) is 30.7 Å². The van der Waals surface area contributed by atoms with Gasteiger partial charge in [0.15, 0.2) is 0 Å². The number of hydrogen-bond donors (Lipinski definition) is 0. The normalized spacial score (nSPS) is 10.8. The van der Waals surface area contributed by atoms with Crippen molar-refractivity contribution in [1.29, 1.82) is 0 Å². The number of carbonyl (C=O) groups excluding carboxylic acids is 1. The number of carbonyl (C=O) groups is 1. The van der Waals surface area contributed by atoms with Crippen LogP contribution in [0.5, 0.6) is 0 Å². The van der Waals surface area contributed by atoms with Crippen molar-refractivity contribution in [2.24, 2.45) is 0 Å². The van der Waals surface area contributed by atoms with Gasteiger partial charge in [-0.25, -0.2) is 9.78 Å². The first kappa shape index (κ1) is 16.5. The first-order valence-corrected chi connectivity index (χ1v) is 7.82. The van der Waals surface area contributed by atoms with Crippen LogP contribution in [0.2, 0.25) is 10.0 Å². The smallest absolute Gasteiger partial charge is 0.341 e. The quantitative estimate of drug-likeness (QED) is 0.667. The lowest BCUT2D eigenvalue weighted by molar-refractivity contribution is 0.0468. The van der Waals surface area contributed by atoms with Crippen molar-refractivity contribution in [3.8, 4) is 0 Å². The van der Waals surface area contributed by atoms with Crippen LogP contribution < -0.4 is 5.56 Å². The van der Waals surface area contributed by atoms with E-state index in [2.05, 4.69) is 4.98 Å². The summed E-state index contributed by atoms with van der Waals surface area (Å²) in [6.45, 7) is 1.70. The fraction of sp³-hybridized carbons (Fsp3) is 0.118. The van der Waals surface area contributed by atoms with Crippen LogP contribution in [0.4, 0.5) is 0 Å². The third-order valence-electron chi connectivity index (χ3n) is 3.46. The second-order valence-electron chi connectivity index (χ2n) is 5.14. The Morgan fingerprint density at radius 1 is 1.21 bits per heavy atom. The zero-order valence-corrected chi connectivity index (χ0v) is 14.1. The molecule has 2 aromatic heterocycles. The third-order valence-corrected chi connectivity index (χ3v) is 4.09.